The Hall–Kier alpha value is -1.14. The first kappa shape index (κ1) is 13.9. The zero-order chi connectivity index (χ0) is 13.0. The molecule has 1 amide bonds. The second kappa shape index (κ2) is 5.97. The molecule has 0 saturated heterocycles. The minimum Gasteiger partial charge on any atom is -0.341 e. The van der Waals surface area contributed by atoms with Gasteiger partial charge in [-0.25, -0.2) is 0 Å². The third kappa shape index (κ3) is 3.67. The number of halogens is 2. The number of hydrogen-bond acceptors (Lipinski definition) is 3. The summed E-state index contributed by atoms with van der Waals surface area (Å²) in [5.41, 5.74) is 0.516. The predicted octanol–water partition coefficient (Wildman–Crippen LogP) is 2.60. The van der Waals surface area contributed by atoms with Crippen molar-refractivity contribution in [3.63, 3.8) is 0 Å². The van der Waals surface area contributed by atoms with E-state index < -0.39 is 4.92 Å². The number of carbonyl (C=O) groups excluding carboxylic acids is 1. The lowest BCUT2D eigenvalue weighted by Gasteiger charge is -2.15. The van der Waals surface area contributed by atoms with Crippen LogP contribution in [-0.2, 0) is 11.3 Å². The number of alkyl halides is 1. The number of hydrogen-bond donors (Lipinski definition) is 0. The highest BCUT2D eigenvalue weighted by Crippen LogP contribution is 2.25. The van der Waals surface area contributed by atoms with E-state index in [0.29, 0.717) is 12.1 Å². The van der Waals surface area contributed by atoms with E-state index >= 15 is 0 Å². The van der Waals surface area contributed by atoms with Crippen LogP contribution in [0.4, 0.5) is 5.69 Å². The van der Waals surface area contributed by atoms with Crippen LogP contribution in [0.1, 0.15) is 5.56 Å². The number of nitro benzene ring substituents is 1. The van der Waals surface area contributed by atoms with Crippen molar-refractivity contribution in [3.8, 4) is 0 Å². The SMILES string of the molecule is CN(Cc1ccc(Cl)c([N+](=O)[O-])c1)C(=O)CBr. The van der Waals surface area contributed by atoms with Crippen molar-refractivity contribution in [2.75, 3.05) is 12.4 Å². The lowest BCUT2D eigenvalue weighted by molar-refractivity contribution is -0.384. The average Bonchev–Trinajstić information content (AvgIpc) is 2.30. The molecule has 0 aliphatic carbocycles. The largest absolute Gasteiger partial charge is 0.341 e. The molecule has 0 aliphatic heterocycles. The molecule has 17 heavy (non-hydrogen) atoms. The molecule has 92 valence electrons. The van der Waals surface area contributed by atoms with E-state index in [1.54, 1.807) is 13.1 Å². The van der Waals surface area contributed by atoms with Gasteiger partial charge in [0.05, 0.1) is 10.3 Å². The minimum atomic E-state index is -0.544. The van der Waals surface area contributed by atoms with Crippen LogP contribution < -0.4 is 0 Å². The molecule has 1 aromatic rings. The number of nitro groups is 1. The van der Waals surface area contributed by atoms with Crippen LogP contribution in [0.2, 0.25) is 5.02 Å². The molecule has 0 saturated carbocycles. The Morgan fingerprint density at radius 1 is 1.59 bits per heavy atom. The maximum absolute atomic E-state index is 11.3. The van der Waals surface area contributed by atoms with Crippen LogP contribution in [0.25, 0.3) is 0 Å². The summed E-state index contributed by atoms with van der Waals surface area (Å²) >= 11 is 8.75. The fraction of sp³-hybridized carbons (Fsp3) is 0.300. The summed E-state index contributed by atoms with van der Waals surface area (Å²) in [7, 11) is 1.63. The fourth-order valence-electron chi connectivity index (χ4n) is 1.26. The summed E-state index contributed by atoms with van der Waals surface area (Å²) < 4.78 is 0. The van der Waals surface area contributed by atoms with Crippen LogP contribution in [0.5, 0.6) is 0 Å². The average molecular weight is 322 g/mol. The quantitative estimate of drug-likeness (QED) is 0.486. The Morgan fingerprint density at radius 2 is 2.24 bits per heavy atom. The Labute approximate surface area is 112 Å². The van der Waals surface area contributed by atoms with Crippen LogP contribution in [0, 0.1) is 10.1 Å². The van der Waals surface area contributed by atoms with Gasteiger partial charge in [0.2, 0.25) is 5.91 Å². The molecule has 0 N–H and O–H groups in total. The van der Waals surface area contributed by atoms with Gasteiger partial charge >= 0.3 is 0 Å². The molecule has 1 rings (SSSR count). The fourth-order valence-corrected chi connectivity index (χ4v) is 1.88. The van der Waals surface area contributed by atoms with Gasteiger partial charge in [0.25, 0.3) is 5.69 Å². The topological polar surface area (TPSA) is 63.4 Å². The number of rotatable bonds is 4. The maximum Gasteiger partial charge on any atom is 0.288 e. The summed E-state index contributed by atoms with van der Waals surface area (Å²) in [6, 6.07) is 4.50. The standard InChI is InChI=1S/C10H10BrClN2O3/c1-13(10(15)5-11)6-7-2-3-8(12)9(4-7)14(16)17/h2-4H,5-6H2,1H3. The second-order valence-electron chi connectivity index (χ2n) is 3.43. The van der Waals surface area contributed by atoms with Crippen molar-refractivity contribution in [1.29, 1.82) is 0 Å². The monoisotopic (exact) mass is 320 g/mol. The molecule has 7 heteroatoms. The normalized spacial score (nSPS) is 10.1. The summed E-state index contributed by atoms with van der Waals surface area (Å²) in [5.74, 6) is -0.0948. The van der Waals surface area contributed by atoms with Gasteiger partial charge < -0.3 is 4.90 Å². The van der Waals surface area contributed by atoms with Crippen molar-refractivity contribution in [1.82, 2.24) is 4.90 Å². The minimum absolute atomic E-state index is 0.0909. The van der Waals surface area contributed by atoms with Gasteiger partial charge in [-0.3, -0.25) is 14.9 Å². The van der Waals surface area contributed by atoms with Gasteiger partial charge in [0, 0.05) is 19.7 Å². The molecule has 1 aromatic carbocycles. The van der Waals surface area contributed by atoms with Crippen molar-refractivity contribution >= 4 is 39.1 Å². The molecule has 0 aromatic heterocycles. The van der Waals surface area contributed by atoms with E-state index in [4.69, 9.17) is 11.6 Å². The van der Waals surface area contributed by atoms with Crippen LogP contribution in [0.3, 0.4) is 0 Å². The Bertz CT molecular complexity index is 453. The molecule has 0 atom stereocenters. The highest BCUT2D eigenvalue weighted by atomic mass is 79.9. The molecule has 0 bridgehead atoms. The van der Waals surface area contributed by atoms with Crippen LogP contribution in [-0.4, -0.2) is 28.1 Å². The van der Waals surface area contributed by atoms with Crippen molar-refractivity contribution in [2.45, 2.75) is 6.54 Å². The molecule has 0 fully saturated rings. The number of carbonyl (C=O) groups is 1. The van der Waals surface area contributed by atoms with E-state index in [9.17, 15) is 14.9 Å². The first-order chi connectivity index (χ1) is 7.95. The van der Waals surface area contributed by atoms with Gasteiger partial charge in [-0.05, 0) is 11.6 Å². The predicted molar refractivity (Wildman–Crippen MR) is 68.4 cm³/mol. The van der Waals surface area contributed by atoms with Crippen LogP contribution >= 0.6 is 27.5 Å². The van der Waals surface area contributed by atoms with E-state index in [0.717, 1.165) is 0 Å². The molecule has 0 unspecified atom stereocenters. The van der Waals surface area contributed by atoms with Gasteiger partial charge in [-0.2, -0.15) is 0 Å². The van der Waals surface area contributed by atoms with E-state index in [1.807, 2.05) is 0 Å². The first-order valence-electron chi connectivity index (χ1n) is 4.68. The third-order valence-corrected chi connectivity index (χ3v) is 2.97. The number of amides is 1. The number of benzene rings is 1. The van der Waals surface area contributed by atoms with Gasteiger partial charge in [0.1, 0.15) is 5.02 Å². The summed E-state index contributed by atoms with van der Waals surface area (Å²) in [5, 5.41) is 11.0. The highest BCUT2D eigenvalue weighted by molar-refractivity contribution is 9.09. The van der Waals surface area contributed by atoms with Gasteiger partial charge in [-0.15, -0.1) is 0 Å². The van der Waals surface area contributed by atoms with Gasteiger partial charge in [-0.1, -0.05) is 33.6 Å². The van der Waals surface area contributed by atoms with Crippen molar-refractivity contribution in [2.24, 2.45) is 0 Å². The van der Waals surface area contributed by atoms with Crippen molar-refractivity contribution < 1.29 is 9.72 Å². The van der Waals surface area contributed by atoms with Crippen molar-refractivity contribution in [3.05, 3.63) is 38.9 Å². The molecule has 5 nitrogen and oxygen atoms in total. The second-order valence-corrected chi connectivity index (χ2v) is 4.39. The zero-order valence-corrected chi connectivity index (χ0v) is 11.4. The van der Waals surface area contributed by atoms with E-state index in [2.05, 4.69) is 15.9 Å². The first-order valence-corrected chi connectivity index (χ1v) is 6.18. The number of nitrogens with zero attached hydrogens (tertiary/aromatic N) is 2. The molecule has 0 heterocycles. The smallest absolute Gasteiger partial charge is 0.288 e. The lowest BCUT2D eigenvalue weighted by atomic mass is 10.2. The van der Waals surface area contributed by atoms with Gasteiger partial charge in [0.15, 0.2) is 0 Å². The Kier molecular flexibility index (Phi) is 4.89. The van der Waals surface area contributed by atoms with E-state index in [1.165, 1.54) is 17.0 Å². The molecule has 0 radical (unpaired) electrons. The van der Waals surface area contributed by atoms with E-state index in [-0.39, 0.29) is 21.9 Å². The molecular weight excluding hydrogens is 311 g/mol. The molecular formula is C10H10BrClN2O3. The maximum atomic E-state index is 11.3. The Morgan fingerprint density at radius 3 is 2.76 bits per heavy atom. The molecule has 0 aliphatic rings. The lowest BCUT2D eigenvalue weighted by Crippen LogP contribution is -2.26. The third-order valence-electron chi connectivity index (χ3n) is 2.17. The highest BCUT2D eigenvalue weighted by Gasteiger charge is 2.14. The summed E-state index contributed by atoms with van der Waals surface area (Å²) in [6.07, 6.45) is 0. The zero-order valence-electron chi connectivity index (χ0n) is 9.02. The van der Waals surface area contributed by atoms with Crippen LogP contribution in [0.15, 0.2) is 18.2 Å². The Balaban J connectivity index is 2.90. The summed E-state index contributed by atoms with van der Waals surface area (Å²) in [4.78, 5) is 22.9. The summed E-state index contributed by atoms with van der Waals surface area (Å²) in [6.45, 7) is 0.308. The molecule has 0 spiro atoms.